The van der Waals surface area contributed by atoms with Gasteiger partial charge in [0.05, 0.1) is 12.1 Å². The molecule has 2 N–H and O–H groups in total. The zero-order chi connectivity index (χ0) is 16.1. The number of ether oxygens (including phenoxy) is 1. The summed E-state index contributed by atoms with van der Waals surface area (Å²) in [5.74, 6) is 0.764. The summed E-state index contributed by atoms with van der Waals surface area (Å²) >= 11 is 0. The van der Waals surface area contributed by atoms with Gasteiger partial charge in [-0.25, -0.2) is 9.82 Å². The van der Waals surface area contributed by atoms with Gasteiger partial charge in [-0.3, -0.25) is 5.43 Å². The number of benzene rings is 1. The van der Waals surface area contributed by atoms with Gasteiger partial charge in [0.1, 0.15) is 0 Å². The fourth-order valence-electron chi connectivity index (χ4n) is 2.69. The van der Waals surface area contributed by atoms with E-state index < -0.39 is 0 Å². The summed E-state index contributed by atoms with van der Waals surface area (Å²) in [6.45, 7) is 3.67. The molecule has 0 aliphatic heterocycles. The molecule has 1 aromatic carbocycles. The van der Waals surface area contributed by atoms with E-state index in [1.807, 2.05) is 12.1 Å². The van der Waals surface area contributed by atoms with E-state index in [1.54, 1.807) is 0 Å². The highest BCUT2D eigenvalue weighted by atomic mass is 19.1. The van der Waals surface area contributed by atoms with Gasteiger partial charge in [0.15, 0.2) is 11.6 Å². The molecule has 2 aliphatic rings. The van der Waals surface area contributed by atoms with Crippen LogP contribution in [-0.2, 0) is 5.54 Å². The molecule has 0 aromatic heterocycles. The SMILES string of the molecule is CC/C=C\CCNNC1(c2ccc(F)c(OCC3CC3)c2)CC1. The lowest BCUT2D eigenvalue weighted by Crippen LogP contribution is -2.41. The highest BCUT2D eigenvalue weighted by molar-refractivity contribution is 5.37. The lowest BCUT2D eigenvalue weighted by Gasteiger charge is -2.19. The first kappa shape index (κ1) is 16.5. The van der Waals surface area contributed by atoms with Crippen LogP contribution in [0.2, 0.25) is 0 Å². The summed E-state index contributed by atoms with van der Waals surface area (Å²) < 4.78 is 19.6. The summed E-state index contributed by atoms with van der Waals surface area (Å²) in [5.41, 5.74) is 7.79. The Bertz CT molecular complexity index is 550. The van der Waals surface area contributed by atoms with Crippen molar-refractivity contribution < 1.29 is 9.13 Å². The molecule has 3 rings (SSSR count). The number of hydrazine groups is 1. The molecule has 2 saturated carbocycles. The second-order valence-electron chi connectivity index (χ2n) is 6.70. The second-order valence-corrected chi connectivity index (χ2v) is 6.70. The van der Waals surface area contributed by atoms with Crippen molar-refractivity contribution >= 4 is 0 Å². The average molecular weight is 318 g/mol. The van der Waals surface area contributed by atoms with Gasteiger partial charge in [0.2, 0.25) is 0 Å². The molecule has 0 atom stereocenters. The highest BCUT2D eigenvalue weighted by Crippen LogP contribution is 2.46. The third-order valence-electron chi connectivity index (χ3n) is 4.57. The minimum atomic E-state index is -0.261. The quantitative estimate of drug-likeness (QED) is 0.388. The van der Waals surface area contributed by atoms with E-state index in [4.69, 9.17) is 4.74 Å². The van der Waals surface area contributed by atoms with Gasteiger partial charge >= 0.3 is 0 Å². The molecule has 0 amide bonds. The molecule has 2 aliphatic carbocycles. The molecule has 0 unspecified atom stereocenters. The van der Waals surface area contributed by atoms with Crippen LogP contribution >= 0.6 is 0 Å². The number of halogens is 1. The molecular weight excluding hydrogens is 291 g/mol. The summed E-state index contributed by atoms with van der Waals surface area (Å²) in [6, 6.07) is 5.28. The minimum absolute atomic E-state index is 0.0557. The summed E-state index contributed by atoms with van der Waals surface area (Å²) in [5, 5.41) is 0. The van der Waals surface area contributed by atoms with E-state index in [-0.39, 0.29) is 11.4 Å². The maximum Gasteiger partial charge on any atom is 0.165 e. The first-order valence-corrected chi connectivity index (χ1v) is 8.81. The Morgan fingerprint density at radius 2 is 2.13 bits per heavy atom. The van der Waals surface area contributed by atoms with Crippen LogP contribution in [0.1, 0.15) is 51.0 Å². The van der Waals surface area contributed by atoms with Crippen molar-refractivity contribution in [3.05, 3.63) is 41.7 Å². The van der Waals surface area contributed by atoms with Crippen molar-refractivity contribution in [1.82, 2.24) is 10.9 Å². The van der Waals surface area contributed by atoms with Gasteiger partial charge in [-0.05, 0) is 62.1 Å². The molecule has 1 aromatic rings. The predicted molar refractivity (Wildman–Crippen MR) is 90.7 cm³/mol. The number of rotatable bonds is 10. The number of hydrogen-bond acceptors (Lipinski definition) is 3. The van der Waals surface area contributed by atoms with Crippen molar-refractivity contribution in [2.24, 2.45) is 5.92 Å². The molecule has 0 heterocycles. The van der Waals surface area contributed by atoms with Gasteiger partial charge in [0, 0.05) is 6.54 Å². The largest absolute Gasteiger partial charge is 0.490 e. The minimum Gasteiger partial charge on any atom is -0.490 e. The van der Waals surface area contributed by atoms with Crippen LogP contribution < -0.4 is 15.6 Å². The summed E-state index contributed by atoms with van der Waals surface area (Å²) in [7, 11) is 0. The molecule has 126 valence electrons. The summed E-state index contributed by atoms with van der Waals surface area (Å²) in [6.07, 6.45) is 11.0. The Labute approximate surface area is 138 Å². The van der Waals surface area contributed by atoms with E-state index in [0.717, 1.165) is 37.8 Å². The molecule has 3 nitrogen and oxygen atoms in total. The Morgan fingerprint density at radius 3 is 2.83 bits per heavy atom. The molecule has 0 spiro atoms. The highest BCUT2D eigenvalue weighted by Gasteiger charge is 2.44. The number of hydrogen-bond donors (Lipinski definition) is 2. The van der Waals surface area contributed by atoms with Gasteiger partial charge in [0.25, 0.3) is 0 Å². The maximum absolute atomic E-state index is 13.9. The zero-order valence-electron chi connectivity index (χ0n) is 13.9. The van der Waals surface area contributed by atoms with Crippen LogP contribution in [0.3, 0.4) is 0 Å². The Morgan fingerprint density at radius 1 is 1.30 bits per heavy atom. The van der Waals surface area contributed by atoms with Gasteiger partial charge < -0.3 is 4.74 Å². The molecular formula is C19H27FN2O. The van der Waals surface area contributed by atoms with E-state index in [1.165, 1.54) is 18.9 Å². The van der Waals surface area contributed by atoms with E-state index in [0.29, 0.717) is 18.3 Å². The fourth-order valence-corrected chi connectivity index (χ4v) is 2.69. The Balaban J connectivity index is 1.54. The van der Waals surface area contributed by atoms with Crippen molar-refractivity contribution in [2.75, 3.05) is 13.2 Å². The van der Waals surface area contributed by atoms with E-state index in [9.17, 15) is 4.39 Å². The predicted octanol–water partition coefficient (Wildman–Crippen LogP) is 4.05. The molecule has 4 heteroatoms. The fraction of sp³-hybridized carbons (Fsp3) is 0.579. The maximum atomic E-state index is 13.9. The van der Waals surface area contributed by atoms with Crippen LogP contribution in [0.25, 0.3) is 0 Å². The second kappa shape index (κ2) is 7.45. The topological polar surface area (TPSA) is 33.3 Å². The lowest BCUT2D eigenvalue weighted by atomic mass is 10.1. The third kappa shape index (κ3) is 4.55. The number of nitrogens with one attached hydrogen (secondary N) is 2. The van der Waals surface area contributed by atoms with Crippen LogP contribution in [0.15, 0.2) is 30.4 Å². The van der Waals surface area contributed by atoms with Crippen LogP contribution in [-0.4, -0.2) is 13.2 Å². The van der Waals surface area contributed by atoms with Gasteiger partial charge in [-0.2, -0.15) is 0 Å². The standard InChI is InChI=1S/C19H27FN2O/c1-2-3-4-5-12-21-22-19(10-11-19)16-8-9-17(20)18(13-16)23-14-15-6-7-15/h3-4,8-9,13,15,21-22H,2,5-7,10-12,14H2,1H3/b4-3-. The molecule has 0 radical (unpaired) electrons. The smallest absolute Gasteiger partial charge is 0.165 e. The zero-order valence-corrected chi connectivity index (χ0v) is 13.9. The van der Waals surface area contributed by atoms with E-state index in [2.05, 4.69) is 29.9 Å². The normalized spacial score (nSPS) is 19.2. The van der Waals surface area contributed by atoms with Crippen LogP contribution in [0.5, 0.6) is 5.75 Å². The lowest BCUT2D eigenvalue weighted by molar-refractivity contribution is 0.284. The first-order valence-electron chi connectivity index (χ1n) is 8.81. The Hall–Kier alpha value is -1.39. The monoisotopic (exact) mass is 318 g/mol. The van der Waals surface area contributed by atoms with Crippen LogP contribution in [0.4, 0.5) is 4.39 Å². The van der Waals surface area contributed by atoms with Gasteiger partial charge in [-0.1, -0.05) is 25.1 Å². The third-order valence-corrected chi connectivity index (χ3v) is 4.57. The van der Waals surface area contributed by atoms with Crippen LogP contribution in [0, 0.1) is 11.7 Å². The van der Waals surface area contributed by atoms with Crippen molar-refractivity contribution in [2.45, 2.75) is 51.0 Å². The molecule has 23 heavy (non-hydrogen) atoms. The summed E-state index contributed by atoms with van der Waals surface area (Å²) in [4.78, 5) is 0. The molecule has 0 bridgehead atoms. The molecule has 2 fully saturated rings. The van der Waals surface area contributed by atoms with Gasteiger partial charge in [-0.15, -0.1) is 0 Å². The van der Waals surface area contributed by atoms with E-state index >= 15 is 0 Å². The molecule has 0 saturated heterocycles. The Kier molecular flexibility index (Phi) is 5.34. The van der Waals surface area contributed by atoms with Crippen molar-refractivity contribution in [1.29, 1.82) is 0 Å². The first-order chi connectivity index (χ1) is 11.2. The number of allylic oxidation sites excluding steroid dienone is 1. The van der Waals surface area contributed by atoms with Crippen molar-refractivity contribution in [3.63, 3.8) is 0 Å². The average Bonchev–Trinajstić information content (AvgIpc) is 3.45. The van der Waals surface area contributed by atoms with Crippen molar-refractivity contribution in [3.8, 4) is 5.75 Å².